The molecule has 0 fully saturated rings. The van der Waals surface area contributed by atoms with Gasteiger partial charge in [0.2, 0.25) is 5.91 Å². The maximum absolute atomic E-state index is 12.6. The second-order valence-electron chi connectivity index (χ2n) is 6.92. The molecule has 156 valence electrons. The van der Waals surface area contributed by atoms with Gasteiger partial charge in [0.25, 0.3) is 0 Å². The maximum Gasteiger partial charge on any atom is 0.234 e. The van der Waals surface area contributed by atoms with E-state index in [0.717, 1.165) is 22.5 Å². The molecule has 8 heteroatoms. The number of carbonyl (C=O) groups excluding carboxylic acids is 1. The summed E-state index contributed by atoms with van der Waals surface area (Å²) in [6, 6.07) is 18.9. The number of aromatic nitrogens is 4. The van der Waals surface area contributed by atoms with Gasteiger partial charge in [-0.3, -0.25) is 14.3 Å². The first-order valence-corrected chi connectivity index (χ1v) is 11.0. The smallest absolute Gasteiger partial charge is 0.234 e. The van der Waals surface area contributed by atoms with E-state index in [0.29, 0.717) is 21.7 Å². The van der Waals surface area contributed by atoms with Crippen LogP contribution < -0.4 is 5.32 Å². The number of nitrogens with one attached hydrogen (secondary N) is 1. The van der Waals surface area contributed by atoms with Crippen molar-refractivity contribution in [1.82, 2.24) is 19.7 Å². The lowest BCUT2D eigenvalue weighted by atomic mass is 10.1. The molecule has 0 saturated carbocycles. The highest BCUT2D eigenvalue weighted by molar-refractivity contribution is 7.99. The Morgan fingerprint density at radius 2 is 1.84 bits per heavy atom. The summed E-state index contributed by atoms with van der Waals surface area (Å²) >= 11 is 7.38. The maximum atomic E-state index is 12.6. The molecule has 2 heterocycles. The average molecular weight is 450 g/mol. The van der Waals surface area contributed by atoms with Crippen molar-refractivity contribution < 1.29 is 4.79 Å². The third-order valence-corrected chi connectivity index (χ3v) is 6.00. The molecular weight excluding hydrogens is 430 g/mol. The first-order chi connectivity index (χ1) is 15.0. The molecule has 0 aliphatic rings. The number of amides is 1. The largest absolute Gasteiger partial charge is 0.325 e. The second kappa shape index (κ2) is 9.32. The number of benzene rings is 2. The zero-order valence-electron chi connectivity index (χ0n) is 17.0. The van der Waals surface area contributed by atoms with Gasteiger partial charge in [0.1, 0.15) is 5.69 Å². The molecule has 31 heavy (non-hydrogen) atoms. The van der Waals surface area contributed by atoms with Crippen molar-refractivity contribution in [3.63, 3.8) is 0 Å². The minimum absolute atomic E-state index is 0.108. The summed E-state index contributed by atoms with van der Waals surface area (Å²) < 4.78 is 1.88. The van der Waals surface area contributed by atoms with Crippen molar-refractivity contribution in [2.24, 2.45) is 0 Å². The number of pyridine rings is 1. The van der Waals surface area contributed by atoms with Crippen LogP contribution in [0.5, 0.6) is 0 Å². The molecule has 1 N–H and O–H groups in total. The number of nitrogens with zero attached hydrogens (tertiary/aromatic N) is 4. The van der Waals surface area contributed by atoms with E-state index in [4.69, 9.17) is 11.6 Å². The highest BCUT2D eigenvalue weighted by Crippen LogP contribution is 2.28. The predicted molar refractivity (Wildman–Crippen MR) is 125 cm³/mol. The first kappa shape index (κ1) is 21.1. The molecule has 0 unspecified atom stereocenters. The summed E-state index contributed by atoms with van der Waals surface area (Å²) in [5.74, 6) is 0.686. The number of aryl methyl sites for hydroxylation is 1. The number of halogens is 1. The van der Waals surface area contributed by atoms with Crippen molar-refractivity contribution in [3.05, 3.63) is 83.0 Å². The fourth-order valence-corrected chi connectivity index (χ4v) is 3.93. The van der Waals surface area contributed by atoms with Gasteiger partial charge in [-0.25, -0.2) is 0 Å². The minimum Gasteiger partial charge on any atom is -0.325 e. The Morgan fingerprint density at radius 1 is 1.03 bits per heavy atom. The Kier molecular flexibility index (Phi) is 6.34. The molecular formula is C23H20ClN5OS. The van der Waals surface area contributed by atoms with Gasteiger partial charge in [0, 0.05) is 22.6 Å². The van der Waals surface area contributed by atoms with Gasteiger partial charge in [-0.15, -0.1) is 10.2 Å². The molecule has 2 aromatic heterocycles. The van der Waals surface area contributed by atoms with E-state index in [-0.39, 0.29) is 11.7 Å². The third kappa shape index (κ3) is 4.78. The molecule has 4 aromatic rings. The molecule has 0 saturated heterocycles. The standard InChI is InChI=1S/C23H20ClN5OS/c1-15-6-5-8-19(16(15)2)26-21(30)14-31-23-28-27-22(20-7-3-4-13-25-20)29(23)18-11-9-17(24)10-12-18/h3-13H,14H2,1-2H3,(H,26,30). The van der Waals surface area contributed by atoms with Crippen molar-refractivity contribution in [2.45, 2.75) is 19.0 Å². The first-order valence-electron chi connectivity index (χ1n) is 9.64. The van der Waals surface area contributed by atoms with E-state index in [9.17, 15) is 4.79 Å². The Bertz CT molecular complexity index is 1210. The van der Waals surface area contributed by atoms with E-state index in [1.807, 2.05) is 66.9 Å². The lowest BCUT2D eigenvalue weighted by molar-refractivity contribution is -0.113. The molecule has 2 aromatic carbocycles. The number of hydrogen-bond acceptors (Lipinski definition) is 5. The summed E-state index contributed by atoms with van der Waals surface area (Å²) in [6.45, 7) is 4.02. The molecule has 0 bridgehead atoms. The number of thioether (sulfide) groups is 1. The highest BCUT2D eigenvalue weighted by Gasteiger charge is 2.18. The molecule has 0 spiro atoms. The summed E-state index contributed by atoms with van der Waals surface area (Å²) in [5.41, 5.74) is 4.54. The van der Waals surface area contributed by atoms with Crippen molar-refractivity contribution in [2.75, 3.05) is 11.1 Å². The molecule has 6 nitrogen and oxygen atoms in total. The second-order valence-corrected chi connectivity index (χ2v) is 8.30. The van der Waals surface area contributed by atoms with Crippen LogP contribution in [0.1, 0.15) is 11.1 Å². The highest BCUT2D eigenvalue weighted by atomic mass is 35.5. The summed E-state index contributed by atoms with van der Waals surface area (Å²) in [6.07, 6.45) is 1.71. The topological polar surface area (TPSA) is 72.7 Å². The van der Waals surface area contributed by atoms with Gasteiger partial charge in [-0.1, -0.05) is 41.6 Å². The zero-order chi connectivity index (χ0) is 21.8. The Labute approximate surface area is 189 Å². The lowest BCUT2D eigenvalue weighted by Crippen LogP contribution is -2.15. The average Bonchev–Trinajstić information content (AvgIpc) is 3.21. The molecule has 0 aliphatic carbocycles. The van der Waals surface area contributed by atoms with Crippen molar-refractivity contribution in [3.8, 4) is 17.2 Å². The molecule has 0 radical (unpaired) electrons. The van der Waals surface area contributed by atoms with E-state index >= 15 is 0 Å². The molecule has 0 atom stereocenters. The zero-order valence-corrected chi connectivity index (χ0v) is 18.6. The van der Waals surface area contributed by atoms with Crippen molar-refractivity contribution in [1.29, 1.82) is 0 Å². The third-order valence-electron chi connectivity index (χ3n) is 4.82. The number of rotatable bonds is 6. The van der Waals surface area contributed by atoms with Crippen LogP contribution >= 0.6 is 23.4 Å². The normalized spacial score (nSPS) is 10.8. The van der Waals surface area contributed by atoms with Gasteiger partial charge < -0.3 is 5.32 Å². The SMILES string of the molecule is Cc1cccc(NC(=O)CSc2nnc(-c3ccccn3)n2-c2ccc(Cl)cc2)c1C. The van der Waals surface area contributed by atoms with Gasteiger partial charge >= 0.3 is 0 Å². The Balaban J connectivity index is 1.59. The van der Waals surface area contributed by atoms with Crippen LogP contribution in [-0.2, 0) is 4.79 Å². The van der Waals surface area contributed by atoms with Crippen LogP contribution in [0, 0.1) is 13.8 Å². The minimum atomic E-state index is -0.108. The van der Waals surface area contributed by atoms with E-state index in [1.54, 1.807) is 18.3 Å². The van der Waals surface area contributed by atoms with Gasteiger partial charge in [0.05, 0.1) is 5.75 Å². The molecule has 0 aliphatic heterocycles. The number of carbonyl (C=O) groups is 1. The number of hydrogen-bond donors (Lipinski definition) is 1. The fourth-order valence-electron chi connectivity index (χ4n) is 3.05. The fraction of sp³-hybridized carbons (Fsp3) is 0.130. The van der Waals surface area contributed by atoms with Crippen LogP contribution in [0.3, 0.4) is 0 Å². The van der Waals surface area contributed by atoms with Crippen molar-refractivity contribution >= 4 is 35.0 Å². The van der Waals surface area contributed by atoms with E-state index < -0.39 is 0 Å². The van der Waals surface area contributed by atoms with Gasteiger partial charge in [-0.2, -0.15) is 0 Å². The van der Waals surface area contributed by atoms with Crippen LogP contribution in [0.25, 0.3) is 17.2 Å². The van der Waals surface area contributed by atoms with Gasteiger partial charge in [0.15, 0.2) is 11.0 Å². The van der Waals surface area contributed by atoms with E-state index in [2.05, 4.69) is 20.5 Å². The van der Waals surface area contributed by atoms with Gasteiger partial charge in [-0.05, 0) is 67.4 Å². The summed E-state index contributed by atoms with van der Waals surface area (Å²) in [4.78, 5) is 17.0. The molecule has 1 amide bonds. The molecule has 4 rings (SSSR count). The van der Waals surface area contributed by atoms with E-state index in [1.165, 1.54) is 11.8 Å². The summed E-state index contributed by atoms with van der Waals surface area (Å²) in [7, 11) is 0. The monoisotopic (exact) mass is 449 g/mol. The van der Waals surface area contributed by atoms with Crippen LogP contribution in [0.4, 0.5) is 5.69 Å². The lowest BCUT2D eigenvalue weighted by Gasteiger charge is -2.11. The summed E-state index contributed by atoms with van der Waals surface area (Å²) in [5, 5.41) is 12.9. The predicted octanol–water partition coefficient (Wildman–Crippen LogP) is 5.33. The Morgan fingerprint density at radius 3 is 2.58 bits per heavy atom. The van der Waals surface area contributed by atoms with Crippen LogP contribution in [-0.4, -0.2) is 31.4 Å². The van der Waals surface area contributed by atoms with Crippen LogP contribution in [0.2, 0.25) is 5.02 Å². The Hall–Kier alpha value is -3.16. The number of anilines is 1. The quantitative estimate of drug-likeness (QED) is 0.403. The van der Waals surface area contributed by atoms with Crippen LogP contribution in [0.15, 0.2) is 72.0 Å².